The molecule has 1 rings (SSSR count). The normalized spacial score (nSPS) is 29.3. The third kappa shape index (κ3) is 10.9. The SMILES string of the molecule is CSCCCCCC(=NOS(=O)(=O)[O-])S[C@@H]1O[C@H](CO)[C@@H](O)[C@H](O)[C@H]1O.[K+]. The summed E-state index contributed by atoms with van der Waals surface area (Å²) in [6, 6.07) is 0. The summed E-state index contributed by atoms with van der Waals surface area (Å²) in [5.41, 5.74) is -1.13. The molecule has 1 heterocycles. The van der Waals surface area contributed by atoms with Crippen molar-refractivity contribution in [2.24, 2.45) is 5.16 Å². The summed E-state index contributed by atoms with van der Waals surface area (Å²) in [6.07, 6.45) is -1.02. The van der Waals surface area contributed by atoms with Gasteiger partial charge in [0.1, 0.15) is 34.9 Å². The molecule has 1 fully saturated rings. The van der Waals surface area contributed by atoms with Crippen molar-refractivity contribution < 1.29 is 93.8 Å². The van der Waals surface area contributed by atoms with Crippen molar-refractivity contribution in [1.82, 2.24) is 0 Å². The molecule has 0 spiro atoms. The fourth-order valence-electron chi connectivity index (χ4n) is 2.21. The number of hydrogen-bond acceptors (Lipinski definition) is 12. The minimum Gasteiger partial charge on any atom is -0.714 e. The van der Waals surface area contributed by atoms with E-state index in [0.717, 1.165) is 30.4 Å². The van der Waals surface area contributed by atoms with E-state index in [0.29, 0.717) is 6.42 Å². The van der Waals surface area contributed by atoms with Crippen LogP contribution in [0.5, 0.6) is 0 Å². The van der Waals surface area contributed by atoms with Gasteiger partial charge in [-0.05, 0) is 31.3 Å². The van der Waals surface area contributed by atoms with Gasteiger partial charge < -0.3 is 29.7 Å². The van der Waals surface area contributed by atoms with Crippen LogP contribution in [0.25, 0.3) is 0 Å². The minimum atomic E-state index is -5.03. The molecule has 1 aliphatic heterocycles. The number of thioether (sulfide) groups is 2. The average Bonchev–Trinajstić information content (AvgIpc) is 2.58. The van der Waals surface area contributed by atoms with Gasteiger partial charge in [-0.3, -0.25) is 4.28 Å². The number of ether oxygens (including phenoxy) is 1. The number of hydrogen-bond donors (Lipinski definition) is 4. The Morgan fingerprint density at radius 3 is 2.41 bits per heavy atom. The zero-order valence-electron chi connectivity index (χ0n) is 15.1. The molecule has 0 aliphatic carbocycles. The largest absolute Gasteiger partial charge is 1.00 e. The Kier molecular flexibility index (Phi) is 15.3. The van der Waals surface area contributed by atoms with Crippen LogP contribution in [0.3, 0.4) is 0 Å². The van der Waals surface area contributed by atoms with Crippen LogP contribution in [-0.2, 0) is 19.4 Å². The Hall–Kier alpha value is 1.52. The summed E-state index contributed by atoms with van der Waals surface area (Å²) in [5.74, 6) is 0.970. The molecule has 4 N–H and O–H groups in total. The summed E-state index contributed by atoms with van der Waals surface area (Å²) < 4.78 is 41.1. The molecule has 10 nitrogen and oxygen atoms in total. The summed E-state index contributed by atoms with van der Waals surface area (Å²) in [4.78, 5) is 0. The summed E-state index contributed by atoms with van der Waals surface area (Å²) in [5, 5.41) is 42.2. The van der Waals surface area contributed by atoms with Crippen molar-refractivity contribution in [2.45, 2.75) is 55.5 Å². The molecule has 0 bridgehead atoms. The number of aliphatic hydroxyl groups is 4. The van der Waals surface area contributed by atoms with E-state index in [4.69, 9.17) is 4.74 Å². The van der Waals surface area contributed by atoms with Gasteiger partial charge in [0.25, 0.3) is 10.4 Å². The molecule has 14 heteroatoms. The first-order valence-corrected chi connectivity index (χ1v) is 11.5. The topological polar surface area (TPSA) is 169 Å². The van der Waals surface area contributed by atoms with E-state index in [9.17, 15) is 33.4 Å². The van der Waals surface area contributed by atoms with Crippen LogP contribution in [0.4, 0.5) is 0 Å². The Labute approximate surface area is 209 Å². The molecular weight excluding hydrogens is 449 g/mol. The van der Waals surface area contributed by atoms with Crippen molar-refractivity contribution >= 4 is 39.0 Å². The van der Waals surface area contributed by atoms with E-state index in [-0.39, 0.29) is 62.8 Å². The quantitative estimate of drug-likeness (QED) is 0.0467. The summed E-state index contributed by atoms with van der Waals surface area (Å²) >= 11 is 2.46. The van der Waals surface area contributed by atoms with Gasteiger partial charge in [-0.1, -0.05) is 23.3 Å². The Bertz CT molecular complexity index is 549. The maximum Gasteiger partial charge on any atom is 1.00 e. The fraction of sp³-hybridized carbons (Fsp3) is 0.923. The second-order valence-corrected chi connectivity index (χ2v) is 8.71. The van der Waals surface area contributed by atoms with E-state index in [1.807, 2.05) is 6.26 Å². The molecule has 27 heavy (non-hydrogen) atoms. The molecule has 5 atom stereocenters. The van der Waals surface area contributed by atoms with E-state index >= 15 is 0 Å². The average molecular weight is 474 g/mol. The van der Waals surface area contributed by atoms with Crippen LogP contribution in [0.15, 0.2) is 5.16 Å². The zero-order valence-corrected chi connectivity index (χ0v) is 20.7. The van der Waals surface area contributed by atoms with Crippen molar-refractivity contribution in [3.63, 3.8) is 0 Å². The maximum atomic E-state index is 10.6. The molecular formula is C13H24KNO9S3. The van der Waals surface area contributed by atoms with Crippen molar-refractivity contribution in [2.75, 3.05) is 18.6 Å². The molecule has 0 aromatic rings. The van der Waals surface area contributed by atoms with Gasteiger partial charge in [0.2, 0.25) is 0 Å². The third-order valence-corrected chi connectivity index (χ3v) is 5.70. The Morgan fingerprint density at radius 1 is 1.19 bits per heavy atom. The Balaban J connectivity index is 0.00000676. The number of nitrogens with zero attached hydrogens (tertiary/aromatic N) is 1. The number of aliphatic hydroxyl groups excluding tert-OH is 4. The molecule has 0 amide bonds. The van der Waals surface area contributed by atoms with Gasteiger partial charge >= 0.3 is 51.4 Å². The molecule has 154 valence electrons. The second kappa shape index (κ2) is 14.5. The first-order valence-electron chi connectivity index (χ1n) is 7.87. The van der Waals surface area contributed by atoms with Gasteiger partial charge in [-0.2, -0.15) is 20.2 Å². The van der Waals surface area contributed by atoms with Crippen LogP contribution < -0.4 is 51.4 Å². The van der Waals surface area contributed by atoms with Crippen molar-refractivity contribution in [1.29, 1.82) is 0 Å². The summed E-state index contributed by atoms with van der Waals surface area (Å²) in [7, 11) is -5.03. The van der Waals surface area contributed by atoms with Crippen LogP contribution in [0.2, 0.25) is 0 Å². The van der Waals surface area contributed by atoms with Crippen LogP contribution in [0, 0.1) is 0 Å². The van der Waals surface area contributed by atoms with E-state index in [2.05, 4.69) is 9.44 Å². The van der Waals surface area contributed by atoms with Crippen molar-refractivity contribution in [3.05, 3.63) is 0 Å². The predicted octanol–water partition coefficient (Wildman–Crippen LogP) is -3.76. The standard InChI is InChI=1S/C13H25NO9S3.K/c1-24-6-4-2-3-5-9(14-23-26(19,20)21)25-13-12(18)11(17)10(16)8(7-15)22-13;/h8,10-13,15-18H,2-7H2,1H3,(H,19,20,21);/q;+1/p-1/t8-,10-,11+,12-,13+;/m1./s1. The number of oxime groups is 1. The fourth-order valence-corrected chi connectivity index (χ4v) is 4.04. The first kappa shape index (κ1) is 28.5. The number of unbranched alkanes of at least 4 members (excludes halogenated alkanes) is 2. The predicted molar refractivity (Wildman–Crippen MR) is 96.4 cm³/mol. The molecule has 0 unspecified atom stereocenters. The zero-order chi connectivity index (χ0) is 19.7. The van der Waals surface area contributed by atoms with Gasteiger partial charge in [-0.15, -0.1) is 0 Å². The molecule has 1 saturated heterocycles. The van der Waals surface area contributed by atoms with Crippen LogP contribution in [-0.4, -0.2) is 86.9 Å². The molecule has 0 aromatic heterocycles. The second-order valence-electron chi connectivity index (χ2n) is 5.59. The molecule has 0 radical (unpaired) electrons. The summed E-state index contributed by atoms with van der Waals surface area (Å²) in [6.45, 7) is -0.589. The Morgan fingerprint density at radius 2 is 1.85 bits per heavy atom. The van der Waals surface area contributed by atoms with Gasteiger partial charge in [0.15, 0.2) is 0 Å². The van der Waals surface area contributed by atoms with Gasteiger partial charge in [-0.25, -0.2) is 0 Å². The first-order chi connectivity index (χ1) is 12.2. The monoisotopic (exact) mass is 473 g/mol. The van der Waals surface area contributed by atoms with E-state index < -0.39 is 46.9 Å². The number of rotatable bonds is 10. The van der Waals surface area contributed by atoms with Crippen molar-refractivity contribution in [3.8, 4) is 0 Å². The van der Waals surface area contributed by atoms with E-state index in [1.165, 1.54) is 0 Å². The van der Waals surface area contributed by atoms with Gasteiger partial charge in [0, 0.05) is 0 Å². The smallest absolute Gasteiger partial charge is 0.714 e. The third-order valence-electron chi connectivity index (χ3n) is 3.57. The molecule has 1 aliphatic rings. The van der Waals surface area contributed by atoms with E-state index in [1.54, 1.807) is 11.8 Å². The van der Waals surface area contributed by atoms with Gasteiger partial charge in [0.05, 0.1) is 6.61 Å². The minimum absolute atomic E-state index is 0. The molecule has 0 aromatic carbocycles. The van der Waals surface area contributed by atoms with Crippen LogP contribution >= 0.6 is 23.5 Å². The molecule has 0 saturated carbocycles. The van der Waals surface area contributed by atoms with Crippen LogP contribution in [0.1, 0.15) is 25.7 Å². The maximum absolute atomic E-state index is 10.6.